The molecule has 1 N–H and O–H groups in total. The first-order chi connectivity index (χ1) is 13.3. The highest BCUT2D eigenvalue weighted by atomic mass is 16.5. The van der Waals surface area contributed by atoms with Gasteiger partial charge < -0.3 is 19.5 Å². The molecule has 1 aliphatic rings. The summed E-state index contributed by atoms with van der Waals surface area (Å²) in [5.41, 5.74) is 1.80. The summed E-state index contributed by atoms with van der Waals surface area (Å²) in [5, 5.41) is 3.18. The van der Waals surface area contributed by atoms with Crippen molar-refractivity contribution in [1.82, 2.24) is 5.32 Å². The minimum Gasteiger partial charge on any atom is -0.497 e. The van der Waals surface area contributed by atoms with Crippen LogP contribution >= 0.6 is 0 Å². The van der Waals surface area contributed by atoms with E-state index in [2.05, 4.69) is 5.32 Å². The average molecular weight is 383 g/mol. The second-order valence-electron chi connectivity index (χ2n) is 7.86. The Morgan fingerprint density at radius 3 is 2.54 bits per heavy atom. The van der Waals surface area contributed by atoms with Gasteiger partial charge in [0.1, 0.15) is 22.8 Å². The highest BCUT2D eigenvalue weighted by molar-refractivity contribution is 5.81. The van der Waals surface area contributed by atoms with Gasteiger partial charge in [-0.3, -0.25) is 4.79 Å². The average Bonchev–Trinajstić information content (AvgIpc) is 2.65. The number of benzene rings is 2. The molecule has 2 atom stereocenters. The Bertz CT molecular complexity index is 829. The summed E-state index contributed by atoms with van der Waals surface area (Å²) < 4.78 is 17.2. The Kier molecular flexibility index (Phi) is 5.82. The number of aryl methyl sites for hydroxylation is 1. The number of methoxy groups -OCH3 is 1. The highest BCUT2D eigenvalue weighted by Gasteiger charge is 2.35. The summed E-state index contributed by atoms with van der Waals surface area (Å²) in [6.45, 7) is 8.07. The van der Waals surface area contributed by atoms with E-state index in [0.717, 1.165) is 22.6 Å². The number of fused-ring (bicyclic) bond motifs is 1. The lowest BCUT2D eigenvalue weighted by molar-refractivity contribution is -0.129. The van der Waals surface area contributed by atoms with Crippen LogP contribution in [-0.4, -0.2) is 24.7 Å². The Labute approximate surface area is 167 Å². The number of hydrogen-bond acceptors (Lipinski definition) is 4. The molecule has 1 heterocycles. The lowest BCUT2D eigenvalue weighted by atomic mass is 9.89. The molecule has 3 rings (SSSR count). The topological polar surface area (TPSA) is 56.8 Å². The van der Waals surface area contributed by atoms with Gasteiger partial charge in [0.25, 0.3) is 5.91 Å². The molecule has 0 fully saturated rings. The molecule has 0 bridgehead atoms. The summed E-state index contributed by atoms with van der Waals surface area (Å²) >= 11 is 0. The summed E-state index contributed by atoms with van der Waals surface area (Å²) in [6, 6.07) is 13.3. The fourth-order valence-electron chi connectivity index (χ4n) is 3.49. The Hall–Kier alpha value is -2.69. The number of carbonyl (C=O) groups is 1. The summed E-state index contributed by atoms with van der Waals surface area (Å²) in [4.78, 5) is 13.0. The number of nitrogens with one attached hydrogen (secondary N) is 1. The van der Waals surface area contributed by atoms with Crippen molar-refractivity contribution < 1.29 is 19.0 Å². The van der Waals surface area contributed by atoms with Crippen molar-refractivity contribution in [2.24, 2.45) is 0 Å². The molecule has 0 spiro atoms. The molecule has 0 unspecified atom stereocenters. The lowest BCUT2D eigenvalue weighted by Crippen LogP contribution is -2.45. The van der Waals surface area contributed by atoms with Crippen LogP contribution in [0, 0.1) is 6.92 Å². The molecular formula is C23H29NO4. The van der Waals surface area contributed by atoms with Crippen molar-refractivity contribution in [3.05, 3.63) is 53.6 Å². The van der Waals surface area contributed by atoms with Gasteiger partial charge in [0.05, 0.1) is 13.2 Å². The van der Waals surface area contributed by atoms with E-state index in [4.69, 9.17) is 14.2 Å². The highest BCUT2D eigenvalue weighted by Crippen LogP contribution is 2.40. The third-order valence-electron chi connectivity index (χ3n) is 4.94. The molecule has 28 heavy (non-hydrogen) atoms. The first kappa shape index (κ1) is 20.1. The molecule has 5 nitrogen and oxygen atoms in total. The molecule has 5 heteroatoms. The van der Waals surface area contributed by atoms with Gasteiger partial charge in [-0.05, 0) is 63.1 Å². The molecular weight excluding hydrogens is 354 g/mol. The molecule has 1 aliphatic heterocycles. The zero-order chi connectivity index (χ0) is 20.3. The van der Waals surface area contributed by atoms with Crippen LogP contribution < -0.4 is 19.5 Å². The van der Waals surface area contributed by atoms with Crippen molar-refractivity contribution in [3.8, 4) is 17.2 Å². The normalized spacial score (nSPS) is 18.4. The number of hydrogen-bond donors (Lipinski definition) is 1. The zero-order valence-corrected chi connectivity index (χ0v) is 17.2. The number of rotatable bonds is 6. The van der Waals surface area contributed by atoms with Gasteiger partial charge in [-0.15, -0.1) is 0 Å². The van der Waals surface area contributed by atoms with Crippen LogP contribution in [0.4, 0.5) is 0 Å². The third-order valence-corrected chi connectivity index (χ3v) is 4.94. The molecule has 150 valence electrons. The standard InChI is InChI=1S/C23H29NO4/c1-6-20(27-17-10-8-16(26-5)9-11-17)22(25)24-19-14-23(3,4)28-21-13-15(2)7-12-18(19)21/h7-13,19-20H,6,14H2,1-5H3,(H,24,25)/t19-,20-/m0/s1. The smallest absolute Gasteiger partial charge is 0.261 e. The minimum absolute atomic E-state index is 0.111. The van der Waals surface area contributed by atoms with Crippen molar-refractivity contribution in [3.63, 3.8) is 0 Å². The molecule has 0 saturated carbocycles. The maximum Gasteiger partial charge on any atom is 0.261 e. The van der Waals surface area contributed by atoms with E-state index in [1.165, 1.54) is 0 Å². The molecule has 0 aliphatic carbocycles. The molecule has 0 aromatic heterocycles. The van der Waals surface area contributed by atoms with E-state index >= 15 is 0 Å². The first-order valence-electron chi connectivity index (χ1n) is 9.72. The van der Waals surface area contributed by atoms with Gasteiger partial charge in [-0.25, -0.2) is 0 Å². The SMILES string of the molecule is CC[C@H](Oc1ccc(OC)cc1)C(=O)N[C@H]1CC(C)(C)Oc2cc(C)ccc21. The number of amides is 1. The maximum absolute atomic E-state index is 13.0. The fraction of sp³-hybridized carbons (Fsp3) is 0.435. The lowest BCUT2D eigenvalue weighted by Gasteiger charge is -2.38. The van der Waals surface area contributed by atoms with Crippen LogP contribution in [0.3, 0.4) is 0 Å². The summed E-state index contributed by atoms with van der Waals surface area (Å²) in [6.07, 6.45) is 0.715. The van der Waals surface area contributed by atoms with Crippen LogP contribution in [0.1, 0.15) is 50.8 Å². The second kappa shape index (κ2) is 8.13. The summed E-state index contributed by atoms with van der Waals surface area (Å²) in [5.74, 6) is 2.12. The Morgan fingerprint density at radius 1 is 1.21 bits per heavy atom. The van der Waals surface area contributed by atoms with Crippen molar-refractivity contribution in [1.29, 1.82) is 0 Å². The van der Waals surface area contributed by atoms with Crippen LogP contribution in [-0.2, 0) is 4.79 Å². The van der Waals surface area contributed by atoms with E-state index in [-0.39, 0.29) is 17.6 Å². The van der Waals surface area contributed by atoms with E-state index in [1.54, 1.807) is 7.11 Å². The number of carbonyl (C=O) groups excluding carboxylic acids is 1. The molecule has 2 aromatic carbocycles. The van der Waals surface area contributed by atoms with Crippen LogP contribution in [0.25, 0.3) is 0 Å². The van der Waals surface area contributed by atoms with Crippen molar-refractivity contribution in [2.75, 3.05) is 7.11 Å². The largest absolute Gasteiger partial charge is 0.497 e. The van der Waals surface area contributed by atoms with Gasteiger partial charge >= 0.3 is 0 Å². The van der Waals surface area contributed by atoms with Gasteiger partial charge in [0.15, 0.2) is 6.10 Å². The van der Waals surface area contributed by atoms with Crippen LogP contribution in [0.15, 0.2) is 42.5 Å². The Morgan fingerprint density at radius 2 is 1.89 bits per heavy atom. The fourth-order valence-corrected chi connectivity index (χ4v) is 3.49. The quantitative estimate of drug-likeness (QED) is 0.793. The monoisotopic (exact) mass is 383 g/mol. The minimum atomic E-state index is -0.562. The summed E-state index contributed by atoms with van der Waals surface area (Å²) in [7, 11) is 1.62. The maximum atomic E-state index is 13.0. The van der Waals surface area contributed by atoms with Gasteiger partial charge in [-0.2, -0.15) is 0 Å². The molecule has 1 amide bonds. The first-order valence-corrected chi connectivity index (χ1v) is 9.72. The van der Waals surface area contributed by atoms with Crippen molar-refractivity contribution in [2.45, 2.75) is 58.3 Å². The van der Waals surface area contributed by atoms with Crippen LogP contribution in [0.5, 0.6) is 17.2 Å². The van der Waals surface area contributed by atoms with E-state index in [1.807, 2.05) is 70.2 Å². The second-order valence-corrected chi connectivity index (χ2v) is 7.86. The van der Waals surface area contributed by atoms with E-state index < -0.39 is 6.10 Å². The predicted octanol–water partition coefficient (Wildman–Crippen LogP) is 4.58. The molecule has 0 radical (unpaired) electrons. The third kappa shape index (κ3) is 4.58. The van der Waals surface area contributed by atoms with E-state index in [0.29, 0.717) is 18.6 Å². The van der Waals surface area contributed by atoms with Gasteiger partial charge in [0, 0.05) is 12.0 Å². The molecule has 2 aromatic rings. The van der Waals surface area contributed by atoms with Gasteiger partial charge in [0.2, 0.25) is 0 Å². The van der Waals surface area contributed by atoms with Crippen LogP contribution in [0.2, 0.25) is 0 Å². The molecule has 0 saturated heterocycles. The number of ether oxygens (including phenoxy) is 3. The van der Waals surface area contributed by atoms with E-state index in [9.17, 15) is 4.79 Å². The Balaban J connectivity index is 1.74. The predicted molar refractivity (Wildman–Crippen MR) is 109 cm³/mol. The zero-order valence-electron chi connectivity index (χ0n) is 17.2. The van der Waals surface area contributed by atoms with Gasteiger partial charge in [-0.1, -0.05) is 19.1 Å². The van der Waals surface area contributed by atoms with Crippen molar-refractivity contribution >= 4 is 5.91 Å².